The topological polar surface area (TPSA) is 72.8 Å². The summed E-state index contributed by atoms with van der Waals surface area (Å²) in [4.78, 5) is 27.1. The number of aliphatic hydroxyl groups excluding tert-OH is 1. The summed E-state index contributed by atoms with van der Waals surface area (Å²) in [5, 5.41) is 8.66. The Morgan fingerprint density at radius 1 is 1.14 bits per heavy atom. The van der Waals surface area contributed by atoms with Crippen molar-refractivity contribution in [3.05, 3.63) is 58.7 Å². The van der Waals surface area contributed by atoms with Crippen LogP contribution in [-0.2, 0) is 20.7 Å². The van der Waals surface area contributed by atoms with Crippen molar-refractivity contribution in [3.63, 3.8) is 0 Å². The highest BCUT2D eigenvalue weighted by Gasteiger charge is 2.24. The van der Waals surface area contributed by atoms with Crippen molar-refractivity contribution < 1.29 is 24.2 Å². The number of fused-ring (bicyclic) bond motifs is 2. The zero-order valence-electron chi connectivity index (χ0n) is 16.1. The summed E-state index contributed by atoms with van der Waals surface area (Å²) in [7, 11) is 0. The second kappa shape index (κ2) is 9.37. The van der Waals surface area contributed by atoms with Crippen LogP contribution in [0, 0.1) is 6.92 Å². The molecule has 1 unspecified atom stereocenters. The predicted octanol–water partition coefficient (Wildman–Crippen LogP) is 3.54. The molecule has 0 aromatic heterocycles. The lowest BCUT2D eigenvalue weighted by Gasteiger charge is -2.14. The molecule has 1 aliphatic heterocycles. The van der Waals surface area contributed by atoms with Crippen LogP contribution >= 0.6 is 11.8 Å². The Bertz CT molecular complexity index is 877. The first-order valence-corrected chi connectivity index (χ1v) is 10.1. The minimum atomic E-state index is -0.478. The van der Waals surface area contributed by atoms with Gasteiger partial charge in [0.25, 0.3) is 0 Å². The van der Waals surface area contributed by atoms with Crippen molar-refractivity contribution in [1.29, 1.82) is 0 Å². The average molecular weight is 400 g/mol. The molecule has 0 spiro atoms. The quantitative estimate of drug-likeness (QED) is 0.566. The van der Waals surface area contributed by atoms with Gasteiger partial charge < -0.3 is 14.6 Å². The molecular weight excluding hydrogens is 376 g/mol. The monoisotopic (exact) mass is 400 g/mol. The number of ketones is 1. The van der Waals surface area contributed by atoms with E-state index in [0.29, 0.717) is 12.0 Å². The second-order valence-corrected chi connectivity index (χ2v) is 7.88. The van der Waals surface area contributed by atoms with Crippen molar-refractivity contribution in [3.8, 4) is 0 Å². The van der Waals surface area contributed by atoms with Crippen LogP contribution in [0.2, 0.25) is 0 Å². The number of aryl methyl sites for hydroxylation is 1. The summed E-state index contributed by atoms with van der Waals surface area (Å²) in [5.74, 6) is -0.777. The van der Waals surface area contributed by atoms with Gasteiger partial charge in [0, 0.05) is 21.8 Å². The number of ether oxygens (including phenoxy) is 2. The van der Waals surface area contributed by atoms with Gasteiger partial charge in [0.15, 0.2) is 5.78 Å². The molecule has 0 amide bonds. The molecule has 0 saturated carbocycles. The van der Waals surface area contributed by atoms with Crippen molar-refractivity contribution in [2.45, 2.75) is 36.0 Å². The molecule has 0 fully saturated rings. The molecule has 3 rings (SSSR count). The molecule has 148 valence electrons. The Morgan fingerprint density at radius 3 is 2.71 bits per heavy atom. The highest BCUT2D eigenvalue weighted by molar-refractivity contribution is 7.99. The Balaban J connectivity index is 1.73. The van der Waals surface area contributed by atoms with E-state index in [-0.39, 0.29) is 38.2 Å². The minimum absolute atomic E-state index is 0.0606. The van der Waals surface area contributed by atoms with Gasteiger partial charge in [-0.25, -0.2) is 0 Å². The van der Waals surface area contributed by atoms with E-state index in [1.807, 2.05) is 25.1 Å². The van der Waals surface area contributed by atoms with Crippen molar-refractivity contribution in [2.24, 2.45) is 0 Å². The van der Waals surface area contributed by atoms with Crippen LogP contribution in [0.25, 0.3) is 0 Å². The fourth-order valence-corrected chi connectivity index (χ4v) is 4.14. The SMILES string of the molecule is Cc1ccc2c(c1)CC(=O)c1cc(C(C)C(=O)OCCOCCO)ccc1S2. The van der Waals surface area contributed by atoms with Gasteiger partial charge in [-0.1, -0.05) is 35.5 Å². The molecule has 1 N–H and O–H groups in total. The molecule has 5 nitrogen and oxygen atoms in total. The molecule has 1 atom stereocenters. The third-order valence-electron chi connectivity index (χ3n) is 4.65. The largest absolute Gasteiger partial charge is 0.463 e. The van der Waals surface area contributed by atoms with E-state index in [0.717, 1.165) is 26.5 Å². The van der Waals surface area contributed by atoms with Crippen LogP contribution in [0.15, 0.2) is 46.2 Å². The zero-order chi connectivity index (χ0) is 20.1. The van der Waals surface area contributed by atoms with Gasteiger partial charge >= 0.3 is 5.97 Å². The maximum atomic E-state index is 12.8. The van der Waals surface area contributed by atoms with Gasteiger partial charge in [-0.2, -0.15) is 0 Å². The molecule has 2 aromatic carbocycles. The van der Waals surface area contributed by atoms with Crippen molar-refractivity contribution in [2.75, 3.05) is 26.4 Å². The molecule has 0 bridgehead atoms. The molecule has 1 aliphatic rings. The number of benzene rings is 2. The minimum Gasteiger partial charge on any atom is -0.463 e. The van der Waals surface area contributed by atoms with Crippen molar-refractivity contribution in [1.82, 2.24) is 0 Å². The predicted molar refractivity (Wildman–Crippen MR) is 107 cm³/mol. The van der Waals surface area contributed by atoms with Crippen LogP contribution in [0.1, 0.15) is 39.9 Å². The van der Waals surface area contributed by atoms with Gasteiger partial charge in [0.05, 0.1) is 25.7 Å². The Morgan fingerprint density at radius 2 is 1.93 bits per heavy atom. The van der Waals surface area contributed by atoms with Crippen molar-refractivity contribution >= 4 is 23.5 Å². The van der Waals surface area contributed by atoms with E-state index in [1.54, 1.807) is 18.7 Å². The average Bonchev–Trinajstić information content (AvgIpc) is 2.82. The van der Waals surface area contributed by atoms with Gasteiger partial charge in [-0.3, -0.25) is 9.59 Å². The van der Waals surface area contributed by atoms with E-state index in [4.69, 9.17) is 14.6 Å². The number of hydrogen-bond donors (Lipinski definition) is 1. The summed E-state index contributed by atoms with van der Waals surface area (Å²) in [6.07, 6.45) is 0.363. The van der Waals surface area contributed by atoms with Crippen LogP contribution in [0.5, 0.6) is 0 Å². The third kappa shape index (κ3) is 4.82. The number of aliphatic hydroxyl groups is 1. The molecular formula is C22H24O5S. The normalized spacial score (nSPS) is 14.0. The number of carbonyl (C=O) groups excluding carboxylic acids is 2. The summed E-state index contributed by atoms with van der Waals surface area (Å²) < 4.78 is 10.3. The molecule has 28 heavy (non-hydrogen) atoms. The lowest BCUT2D eigenvalue weighted by atomic mass is 9.95. The van der Waals surface area contributed by atoms with E-state index >= 15 is 0 Å². The van der Waals surface area contributed by atoms with E-state index in [9.17, 15) is 9.59 Å². The fraction of sp³-hybridized carbons (Fsp3) is 0.364. The van der Waals surface area contributed by atoms with E-state index in [1.165, 1.54) is 0 Å². The molecule has 0 saturated heterocycles. The van der Waals surface area contributed by atoms with E-state index < -0.39 is 5.92 Å². The lowest BCUT2D eigenvalue weighted by Crippen LogP contribution is -2.17. The fourth-order valence-electron chi connectivity index (χ4n) is 3.09. The van der Waals surface area contributed by atoms with E-state index in [2.05, 4.69) is 18.2 Å². The zero-order valence-corrected chi connectivity index (χ0v) is 16.9. The number of Topliss-reactive ketones (excluding diaryl/α,β-unsaturated/α-hetero) is 1. The molecule has 0 aliphatic carbocycles. The maximum absolute atomic E-state index is 12.8. The second-order valence-electron chi connectivity index (χ2n) is 6.79. The first-order valence-electron chi connectivity index (χ1n) is 9.29. The van der Waals surface area contributed by atoms with Crippen LogP contribution in [0.4, 0.5) is 0 Å². The first-order chi connectivity index (χ1) is 13.5. The number of rotatable bonds is 7. The van der Waals surface area contributed by atoms with Gasteiger partial charge in [0.1, 0.15) is 6.61 Å². The van der Waals surface area contributed by atoms with Gasteiger partial charge in [-0.15, -0.1) is 0 Å². The summed E-state index contributed by atoms with van der Waals surface area (Å²) in [6, 6.07) is 11.8. The summed E-state index contributed by atoms with van der Waals surface area (Å²) in [6.45, 7) is 4.33. The lowest BCUT2D eigenvalue weighted by molar-refractivity contribution is -0.146. The summed E-state index contributed by atoms with van der Waals surface area (Å²) in [5.41, 5.74) is 3.60. The number of hydrogen-bond acceptors (Lipinski definition) is 6. The van der Waals surface area contributed by atoms with Crippen LogP contribution in [-0.4, -0.2) is 43.3 Å². The number of carbonyl (C=O) groups is 2. The van der Waals surface area contributed by atoms with Gasteiger partial charge in [-0.05, 0) is 43.2 Å². The Hall–Kier alpha value is -2.15. The number of esters is 1. The highest BCUT2D eigenvalue weighted by Crippen LogP contribution is 2.38. The first kappa shape index (κ1) is 20.6. The highest BCUT2D eigenvalue weighted by atomic mass is 32.2. The Labute approximate surface area is 169 Å². The molecule has 0 radical (unpaired) electrons. The standard InChI is InChI=1S/C22H24O5S/c1-14-3-5-20-17(11-14)13-19(24)18-12-16(4-6-21(18)28-20)15(2)22(25)27-10-9-26-8-7-23/h3-6,11-12,15,23H,7-10,13H2,1-2H3. The van der Waals surface area contributed by atoms with Gasteiger partial charge in [0.2, 0.25) is 0 Å². The maximum Gasteiger partial charge on any atom is 0.313 e. The Kier molecular flexibility index (Phi) is 6.88. The smallest absolute Gasteiger partial charge is 0.313 e. The molecule has 2 aromatic rings. The third-order valence-corrected chi connectivity index (χ3v) is 5.85. The van der Waals surface area contributed by atoms with Crippen LogP contribution < -0.4 is 0 Å². The van der Waals surface area contributed by atoms with Crippen LogP contribution in [0.3, 0.4) is 0 Å². The molecule has 1 heterocycles. The molecule has 6 heteroatoms. The summed E-state index contributed by atoms with van der Waals surface area (Å²) >= 11 is 1.59.